The third-order valence-electron chi connectivity index (χ3n) is 5.58. The summed E-state index contributed by atoms with van der Waals surface area (Å²) in [6, 6.07) is -0.458. The van der Waals surface area contributed by atoms with Crippen LogP contribution in [-0.4, -0.2) is 102 Å². The molecule has 2 saturated heterocycles. The van der Waals surface area contributed by atoms with Gasteiger partial charge in [0.2, 0.25) is 11.8 Å². The Hall–Kier alpha value is -2.16. The lowest BCUT2D eigenvalue weighted by molar-refractivity contribution is -0.140. The van der Waals surface area contributed by atoms with Gasteiger partial charge in [-0.05, 0) is 12.8 Å². The number of hydrogen-bond donors (Lipinski definition) is 1. The second-order valence-corrected chi connectivity index (χ2v) is 7.56. The molecule has 1 spiro atoms. The van der Waals surface area contributed by atoms with Crippen molar-refractivity contribution in [1.82, 2.24) is 24.9 Å². The molecule has 0 unspecified atom stereocenters. The topological polar surface area (TPSA) is 93.3 Å². The van der Waals surface area contributed by atoms with Gasteiger partial charge in [0, 0.05) is 40.3 Å². The number of nitrogens with zero attached hydrogens (tertiary/aromatic N) is 4. The molecule has 2 heterocycles. The maximum atomic E-state index is 12.6. The Bertz CT molecular complexity index is 606. The maximum Gasteiger partial charge on any atom is 0.325 e. The van der Waals surface area contributed by atoms with Crippen LogP contribution in [0.2, 0.25) is 0 Å². The van der Waals surface area contributed by atoms with E-state index in [0.29, 0.717) is 45.6 Å². The molecule has 5 amide bonds. The summed E-state index contributed by atoms with van der Waals surface area (Å²) in [6.07, 6.45) is 3.14. The number of carbonyl (C=O) groups is 4. The van der Waals surface area contributed by atoms with Gasteiger partial charge >= 0.3 is 6.03 Å². The fourth-order valence-electron chi connectivity index (χ4n) is 3.86. The van der Waals surface area contributed by atoms with Gasteiger partial charge in [-0.1, -0.05) is 12.8 Å². The minimum atomic E-state index is -0.775. The molecule has 144 valence electrons. The Kier molecular flexibility index (Phi) is 5.17. The molecule has 0 aromatic carbocycles. The monoisotopic (exact) mass is 365 g/mol. The van der Waals surface area contributed by atoms with Crippen LogP contribution < -0.4 is 5.32 Å². The summed E-state index contributed by atoms with van der Waals surface area (Å²) in [4.78, 5) is 55.4. The highest BCUT2D eigenvalue weighted by atomic mass is 16.2. The lowest BCUT2D eigenvalue weighted by atomic mass is 9.98. The third kappa shape index (κ3) is 3.53. The second kappa shape index (κ2) is 7.22. The minimum absolute atomic E-state index is 0.0333. The summed E-state index contributed by atoms with van der Waals surface area (Å²) >= 11 is 0. The number of rotatable bonds is 4. The normalized spacial score (nSPS) is 22.8. The van der Waals surface area contributed by atoms with Crippen molar-refractivity contribution >= 4 is 23.8 Å². The molecule has 0 aromatic heterocycles. The number of amides is 5. The molecule has 1 saturated carbocycles. The van der Waals surface area contributed by atoms with E-state index in [1.165, 1.54) is 0 Å². The van der Waals surface area contributed by atoms with Gasteiger partial charge < -0.3 is 15.1 Å². The van der Waals surface area contributed by atoms with Crippen LogP contribution in [-0.2, 0) is 14.4 Å². The van der Waals surface area contributed by atoms with Crippen molar-refractivity contribution in [1.29, 1.82) is 0 Å². The number of urea groups is 1. The van der Waals surface area contributed by atoms with Crippen molar-refractivity contribution in [2.24, 2.45) is 0 Å². The summed E-state index contributed by atoms with van der Waals surface area (Å²) in [5.74, 6) is -0.448. The second-order valence-electron chi connectivity index (χ2n) is 7.56. The lowest BCUT2D eigenvalue weighted by Crippen LogP contribution is -2.53. The number of carbonyl (C=O) groups excluding carboxylic acids is 4. The Morgan fingerprint density at radius 1 is 1.04 bits per heavy atom. The van der Waals surface area contributed by atoms with Gasteiger partial charge in [-0.15, -0.1) is 0 Å². The number of imide groups is 1. The maximum absolute atomic E-state index is 12.6. The van der Waals surface area contributed by atoms with Crippen molar-refractivity contribution in [3.05, 3.63) is 0 Å². The van der Waals surface area contributed by atoms with Gasteiger partial charge in [-0.25, -0.2) is 4.79 Å². The zero-order chi connectivity index (χ0) is 18.9. The first-order valence-corrected chi connectivity index (χ1v) is 9.17. The molecule has 1 N–H and O–H groups in total. The molecule has 3 aliphatic rings. The molecule has 3 rings (SSSR count). The number of likely N-dealkylation sites (N-methyl/N-ethyl adjacent to an activating group) is 1. The van der Waals surface area contributed by atoms with E-state index < -0.39 is 11.6 Å². The van der Waals surface area contributed by atoms with Gasteiger partial charge in [0.1, 0.15) is 12.1 Å². The molecule has 9 heteroatoms. The van der Waals surface area contributed by atoms with Crippen molar-refractivity contribution in [3.63, 3.8) is 0 Å². The van der Waals surface area contributed by atoms with E-state index in [-0.39, 0.29) is 24.3 Å². The predicted octanol–water partition coefficient (Wildman–Crippen LogP) is -0.917. The molecule has 0 atom stereocenters. The lowest BCUT2D eigenvalue weighted by Gasteiger charge is -2.35. The fraction of sp³-hybridized carbons (Fsp3) is 0.765. The fourth-order valence-corrected chi connectivity index (χ4v) is 3.86. The molecule has 26 heavy (non-hydrogen) atoms. The van der Waals surface area contributed by atoms with Gasteiger partial charge in [0.25, 0.3) is 5.91 Å². The summed E-state index contributed by atoms with van der Waals surface area (Å²) in [6.45, 7) is 2.33. The van der Waals surface area contributed by atoms with E-state index in [4.69, 9.17) is 0 Å². The number of nitrogens with one attached hydrogen (secondary N) is 1. The van der Waals surface area contributed by atoms with Gasteiger partial charge in [-0.3, -0.25) is 24.2 Å². The summed E-state index contributed by atoms with van der Waals surface area (Å²) < 4.78 is 0. The molecule has 0 radical (unpaired) electrons. The number of piperazine rings is 1. The highest BCUT2D eigenvalue weighted by Crippen LogP contribution is 2.34. The van der Waals surface area contributed by atoms with Crippen LogP contribution in [0.1, 0.15) is 25.7 Å². The van der Waals surface area contributed by atoms with E-state index in [1.54, 1.807) is 23.9 Å². The van der Waals surface area contributed by atoms with E-state index in [9.17, 15) is 19.2 Å². The Morgan fingerprint density at radius 2 is 1.65 bits per heavy atom. The van der Waals surface area contributed by atoms with Crippen LogP contribution in [0.3, 0.4) is 0 Å². The van der Waals surface area contributed by atoms with Crippen LogP contribution in [0.5, 0.6) is 0 Å². The van der Waals surface area contributed by atoms with E-state index in [1.807, 2.05) is 4.90 Å². The first kappa shape index (κ1) is 18.6. The average Bonchev–Trinajstić information content (AvgIpc) is 3.16. The highest BCUT2D eigenvalue weighted by Gasteiger charge is 2.52. The van der Waals surface area contributed by atoms with E-state index in [2.05, 4.69) is 5.32 Å². The van der Waals surface area contributed by atoms with Crippen LogP contribution >= 0.6 is 0 Å². The zero-order valence-electron chi connectivity index (χ0n) is 15.5. The van der Waals surface area contributed by atoms with Crippen LogP contribution in [0.15, 0.2) is 0 Å². The Morgan fingerprint density at radius 3 is 2.23 bits per heavy atom. The molecule has 0 bridgehead atoms. The third-order valence-corrected chi connectivity index (χ3v) is 5.58. The average molecular weight is 365 g/mol. The SMILES string of the molecule is CN(C)C(=O)CN1CCN(C(=O)CN2C(=O)NC3(CCCC3)C2=O)CC1. The molecule has 3 fully saturated rings. The zero-order valence-corrected chi connectivity index (χ0v) is 15.5. The molecular formula is C17H27N5O4. The molecule has 9 nitrogen and oxygen atoms in total. The van der Waals surface area contributed by atoms with Crippen molar-refractivity contribution in [2.45, 2.75) is 31.2 Å². The highest BCUT2D eigenvalue weighted by molar-refractivity contribution is 6.09. The largest absolute Gasteiger partial charge is 0.348 e. The van der Waals surface area contributed by atoms with Crippen molar-refractivity contribution in [2.75, 3.05) is 53.4 Å². The Balaban J connectivity index is 1.51. The van der Waals surface area contributed by atoms with Crippen LogP contribution in [0.25, 0.3) is 0 Å². The predicted molar refractivity (Wildman–Crippen MR) is 93.2 cm³/mol. The molecule has 0 aromatic rings. The number of hydrogen-bond acceptors (Lipinski definition) is 5. The molecule has 2 aliphatic heterocycles. The van der Waals surface area contributed by atoms with Gasteiger partial charge in [0.05, 0.1) is 6.54 Å². The molecular weight excluding hydrogens is 338 g/mol. The first-order valence-electron chi connectivity index (χ1n) is 9.17. The summed E-state index contributed by atoms with van der Waals surface area (Å²) in [5.41, 5.74) is -0.775. The minimum Gasteiger partial charge on any atom is -0.348 e. The first-order chi connectivity index (χ1) is 12.3. The Labute approximate surface area is 153 Å². The smallest absolute Gasteiger partial charge is 0.325 e. The summed E-state index contributed by atoms with van der Waals surface area (Å²) in [5, 5.41) is 2.79. The van der Waals surface area contributed by atoms with E-state index in [0.717, 1.165) is 17.7 Å². The van der Waals surface area contributed by atoms with Crippen molar-refractivity contribution in [3.8, 4) is 0 Å². The molecule has 1 aliphatic carbocycles. The van der Waals surface area contributed by atoms with Crippen molar-refractivity contribution < 1.29 is 19.2 Å². The van der Waals surface area contributed by atoms with E-state index >= 15 is 0 Å². The summed E-state index contributed by atoms with van der Waals surface area (Å²) in [7, 11) is 3.44. The standard InChI is InChI=1S/C17H27N5O4/c1-19(2)13(23)11-20-7-9-21(10-8-20)14(24)12-22-15(25)17(18-16(22)26)5-3-4-6-17/h3-12H2,1-2H3,(H,18,26). The van der Waals surface area contributed by atoms with Crippen LogP contribution in [0, 0.1) is 0 Å². The quantitative estimate of drug-likeness (QED) is 0.651. The van der Waals surface area contributed by atoms with Crippen LogP contribution in [0.4, 0.5) is 4.79 Å². The van der Waals surface area contributed by atoms with Gasteiger partial charge in [0.15, 0.2) is 0 Å². The van der Waals surface area contributed by atoms with Gasteiger partial charge in [-0.2, -0.15) is 0 Å².